The first-order chi connectivity index (χ1) is 13.0. The van der Waals surface area contributed by atoms with E-state index in [1.807, 2.05) is 13.8 Å². The van der Waals surface area contributed by atoms with Gasteiger partial charge in [-0.2, -0.15) is 0 Å². The van der Waals surface area contributed by atoms with Gasteiger partial charge in [0.25, 0.3) is 0 Å². The van der Waals surface area contributed by atoms with E-state index in [2.05, 4.69) is 10.6 Å². The molecule has 1 saturated heterocycles. The van der Waals surface area contributed by atoms with Crippen molar-refractivity contribution in [3.05, 3.63) is 0 Å². The van der Waals surface area contributed by atoms with E-state index < -0.39 is 54.0 Å². The fourth-order valence-corrected chi connectivity index (χ4v) is 3.13. The number of amides is 3. The highest BCUT2D eigenvalue weighted by Gasteiger charge is 2.39. The number of hydrogen-bond donors (Lipinski definition) is 5. The first-order valence-corrected chi connectivity index (χ1v) is 9.53. The minimum Gasteiger partial charge on any atom is -0.480 e. The Morgan fingerprint density at radius 1 is 1.11 bits per heavy atom. The fraction of sp³-hybridized carbons (Fsp3) is 0.778. The third kappa shape index (κ3) is 6.45. The van der Waals surface area contributed by atoms with Crippen molar-refractivity contribution in [1.29, 1.82) is 0 Å². The van der Waals surface area contributed by atoms with Crippen LogP contribution >= 0.6 is 0 Å². The van der Waals surface area contributed by atoms with E-state index in [-0.39, 0.29) is 12.5 Å². The van der Waals surface area contributed by atoms with Gasteiger partial charge in [0.2, 0.25) is 17.7 Å². The second-order valence-electron chi connectivity index (χ2n) is 7.72. The van der Waals surface area contributed by atoms with E-state index in [4.69, 9.17) is 5.73 Å². The Labute approximate surface area is 164 Å². The lowest BCUT2D eigenvalue weighted by molar-refractivity contribution is -0.150. The molecule has 6 N–H and O–H groups in total. The summed E-state index contributed by atoms with van der Waals surface area (Å²) in [6.45, 7) is 6.85. The number of carboxylic acids is 1. The molecule has 0 radical (unpaired) electrons. The van der Waals surface area contributed by atoms with Gasteiger partial charge in [-0.05, 0) is 39.0 Å². The Bertz CT molecular complexity index is 595. The molecule has 10 nitrogen and oxygen atoms in total. The van der Waals surface area contributed by atoms with Gasteiger partial charge in [-0.3, -0.25) is 14.4 Å². The maximum atomic E-state index is 12.7. The molecule has 0 spiro atoms. The van der Waals surface area contributed by atoms with Gasteiger partial charge >= 0.3 is 5.97 Å². The summed E-state index contributed by atoms with van der Waals surface area (Å²) in [6, 6.07) is -4.02. The summed E-state index contributed by atoms with van der Waals surface area (Å²) in [7, 11) is 0. The van der Waals surface area contributed by atoms with Crippen molar-refractivity contribution in [2.45, 2.75) is 77.2 Å². The SMILES string of the molecule is CC(C)C[C@H](N)C(=O)N[C@@H](C)C(=O)N[C@H](C(=O)N1CCC[C@H]1C(=O)O)[C@@H](C)O. The standard InChI is InChI=1S/C18H32N4O6/c1-9(2)8-12(19)16(25)20-10(3)15(24)21-14(11(4)23)17(26)22-7-5-6-13(22)18(27)28/h9-14,23H,5-8,19H2,1-4H3,(H,20,25)(H,21,24)(H,27,28)/t10-,11+,12-,13-,14-/m0/s1. The third-order valence-corrected chi connectivity index (χ3v) is 4.68. The van der Waals surface area contributed by atoms with Crippen LogP contribution in [-0.4, -0.2) is 75.6 Å². The number of nitrogens with one attached hydrogen (secondary N) is 2. The molecule has 1 aliphatic rings. The summed E-state index contributed by atoms with van der Waals surface area (Å²) >= 11 is 0. The minimum atomic E-state index is -1.31. The quantitative estimate of drug-likeness (QED) is 0.325. The molecule has 1 aliphatic heterocycles. The summed E-state index contributed by atoms with van der Waals surface area (Å²) < 4.78 is 0. The first-order valence-electron chi connectivity index (χ1n) is 9.53. The highest BCUT2D eigenvalue weighted by molar-refractivity contribution is 5.94. The third-order valence-electron chi connectivity index (χ3n) is 4.68. The lowest BCUT2D eigenvalue weighted by atomic mass is 10.0. The van der Waals surface area contributed by atoms with Gasteiger partial charge in [0.1, 0.15) is 18.1 Å². The number of aliphatic hydroxyl groups is 1. The molecule has 0 saturated carbocycles. The molecule has 1 rings (SSSR count). The monoisotopic (exact) mass is 400 g/mol. The van der Waals surface area contributed by atoms with E-state index in [0.717, 1.165) is 4.90 Å². The largest absolute Gasteiger partial charge is 0.480 e. The lowest BCUT2D eigenvalue weighted by Gasteiger charge is -2.29. The highest BCUT2D eigenvalue weighted by atomic mass is 16.4. The molecule has 0 aliphatic carbocycles. The van der Waals surface area contributed by atoms with Crippen LogP contribution in [0.3, 0.4) is 0 Å². The van der Waals surface area contributed by atoms with E-state index in [0.29, 0.717) is 19.3 Å². The Balaban J connectivity index is 2.75. The van der Waals surface area contributed by atoms with E-state index in [1.54, 1.807) is 0 Å². The summed E-state index contributed by atoms with van der Waals surface area (Å²) in [5, 5.41) is 24.1. The zero-order valence-electron chi connectivity index (χ0n) is 16.8. The lowest BCUT2D eigenvalue weighted by Crippen LogP contribution is -2.59. The van der Waals surface area contributed by atoms with E-state index in [1.165, 1.54) is 13.8 Å². The van der Waals surface area contributed by atoms with Gasteiger partial charge in [-0.15, -0.1) is 0 Å². The average molecular weight is 400 g/mol. The zero-order valence-corrected chi connectivity index (χ0v) is 16.8. The van der Waals surface area contributed by atoms with Crippen LogP contribution in [0.5, 0.6) is 0 Å². The number of carbonyl (C=O) groups excluding carboxylic acids is 3. The van der Waals surface area contributed by atoms with Crippen LogP contribution in [0, 0.1) is 5.92 Å². The summed E-state index contributed by atoms with van der Waals surface area (Å²) in [4.78, 5) is 49.6. The predicted molar refractivity (Wildman–Crippen MR) is 101 cm³/mol. The van der Waals surface area contributed by atoms with E-state index in [9.17, 15) is 29.4 Å². The zero-order chi connectivity index (χ0) is 21.6. The van der Waals surface area contributed by atoms with Gasteiger partial charge in [-0.25, -0.2) is 4.79 Å². The van der Waals surface area contributed by atoms with Crippen molar-refractivity contribution in [3.63, 3.8) is 0 Å². The molecule has 0 unspecified atom stereocenters. The molecule has 0 aromatic rings. The van der Waals surface area contributed by atoms with E-state index >= 15 is 0 Å². The molecule has 1 heterocycles. The van der Waals surface area contributed by atoms with Gasteiger partial charge in [0, 0.05) is 6.54 Å². The number of likely N-dealkylation sites (tertiary alicyclic amines) is 1. The van der Waals surface area contributed by atoms with Crippen molar-refractivity contribution < 1.29 is 29.4 Å². The predicted octanol–water partition coefficient (Wildman–Crippen LogP) is -1.19. The molecule has 1 fully saturated rings. The molecule has 10 heteroatoms. The number of nitrogens with zero attached hydrogens (tertiary/aromatic N) is 1. The van der Waals surface area contributed by atoms with Crippen LogP contribution in [0.4, 0.5) is 0 Å². The Kier molecular flexibility index (Phi) is 8.83. The van der Waals surface area contributed by atoms with Crippen LogP contribution < -0.4 is 16.4 Å². The summed E-state index contributed by atoms with van der Waals surface area (Å²) in [5.41, 5.74) is 5.79. The maximum Gasteiger partial charge on any atom is 0.326 e. The average Bonchev–Trinajstić information content (AvgIpc) is 3.07. The van der Waals surface area contributed by atoms with Crippen molar-refractivity contribution in [3.8, 4) is 0 Å². The number of rotatable bonds is 9. The summed E-state index contributed by atoms with van der Waals surface area (Å²) in [6.07, 6.45) is 0.0728. The molecular weight excluding hydrogens is 368 g/mol. The molecular formula is C18H32N4O6. The molecule has 0 aromatic carbocycles. The number of aliphatic carboxylic acids is 1. The summed E-state index contributed by atoms with van der Waals surface area (Å²) in [5.74, 6) is -2.73. The molecule has 28 heavy (non-hydrogen) atoms. The van der Waals surface area contributed by atoms with Crippen molar-refractivity contribution in [1.82, 2.24) is 15.5 Å². The van der Waals surface area contributed by atoms with Gasteiger partial charge < -0.3 is 31.5 Å². The number of carboxylic acid groups (broad SMARTS) is 1. The molecule has 5 atom stereocenters. The molecule has 0 aromatic heterocycles. The second kappa shape index (κ2) is 10.4. The van der Waals surface area contributed by atoms with Crippen LogP contribution in [0.15, 0.2) is 0 Å². The minimum absolute atomic E-state index is 0.213. The Morgan fingerprint density at radius 2 is 1.71 bits per heavy atom. The maximum absolute atomic E-state index is 12.7. The Morgan fingerprint density at radius 3 is 2.21 bits per heavy atom. The van der Waals surface area contributed by atoms with Crippen LogP contribution in [0.2, 0.25) is 0 Å². The fourth-order valence-electron chi connectivity index (χ4n) is 3.13. The van der Waals surface area contributed by atoms with Crippen LogP contribution in [0.1, 0.15) is 47.0 Å². The van der Waals surface area contributed by atoms with Crippen LogP contribution in [-0.2, 0) is 19.2 Å². The molecule has 3 amide bonds. The second-order valence-corrected chi connectivity index (χ2v) is 7.72. The van der Waals surface area contributed by atoms with Crippen LogP contribution in [0.25, 0.3) is 0 Å². The van der Waals surface area contributed by atoms with Gasteiger partial charge in [-0.1, -0.05) is 13.8 Å². The van der Waals surface area contributed by atoms with Crippen molar-refractivity contribution in [2.75, 3.05) is 6.54 Å². The molecule has 0 bridgehead atoms. The highest BCUT2D eigenvalue weighted by Crippen LogP contribution is 2.19. The number of nitrogens with two attached hydrogens (primary N) is 1. The van der Waals surface area contributed by atoms with Crippen molar-refractivity contribution in [2.24, 2.45) is 11.7 Å². The number of hydrogen-bond acceptors (Lipinski definition) is 6. The Hall–Kier alpha value is -2.20. The topological polar surface area (TPSA) is 162 Å². The first kappa shape index (κ1) is 23.8. The molecule has 160 valence electrons. The van der Waals surface area contributed by atoms with Crippen molar-refractivity contribution >= 4 is 23.7 Å². The number of carbonyl (C=O) groups is 4. The van der Waals surface area contributed by atoms with Gasteiger partial charge in [0.15, 0.2) is 0 Å². The number of aliphatic hydroxyl groups excluding tert-OH is 1. The normalized spacial score (nSPS) is 21.0. The smallest absolute Gasteiger partial charge is 0.326 e. The van der Waals surface area contributed by atoms with Gasteiger partial charge in [0.05, 0.1) is 12.1 Å².